The number of alkyl halides is 4. The van der Waals surface area contributed by atoms with Gasteiger partial charge in [0.15, 0.2) is 5.75 Å². The average molecular weight is 379 g/mol. The number of halogens is 5. The summed E-state index contributed by atoms with van der Waals surface area (Å²) in [5.74, 6) is -2.08. The Morgan fingerprint density at radius 2 is 2.11 bits per heavy atom. The highest BCUT2D eigenvalue weighted by Gasteiger charge is 2.33. The van der Waals surface area contributed by atoms with Crippen molar-refractivity contribution in [1.29, 1.82) is 0 Å². The zero-order valence-electron chi connectivity index (χ0n) is 8.59. The van der Waals surface area contributed by atoms with Crippen molar-refractivity contribution >= 4 is 28.6 Å². The molecule has 0 spiro atoms. The number of ether oxygens (including phenoxy) is 1. The van der Waals surface area contributed by atoms with Crippen LogP contribution in [0.4, 0.5) is 17.6 Å². The molecule has 0 saturated carbocycles. The number of nitrogens with zero attached hydrogens (tertiary/aromatic N) is 1. The van der Waals surface area contributed by atoms with Crippen molar-refractivity contribution in [2.24, 2.45) is 0 Å². The summed E-state index contributed by atoms with van der Waals surface area (Å²) in [6.07, 6.45) is -5.00. The van der Waals surface area contributed by atoms with Gasteiger partial charge in [0.25, 0.3) is 0 Å². The van der Waals surface area contributed by atoms with Crippen LogP contribution in [-0.2, 0) is 17.9 Å². The molecule has 0 fully saturated rings. The molecule has 0 aliphatic carbocycles. The van der Waals surface area contributed by atoms with Gasteiger partial charge in [0.1, 0.15) is 6.67 Å². The standard InChI is InChI=1S/C9H6F4INO3/c10-2-5-8(14)4(1-7(16)17)6(3-15-5)18-9(11,12)13/h3H,1-2H2,(H,16,17). The average Bonchev–Trinajstić information content (AvgIpc) is 2.21. The Morgan fingerprint density at radius 1 is 1.50 bits per heavy atom. The number of hydrogen-bond acceptors (Lipinski definition) is 3. The molecule has 100 valence electrons. The molecule has 1 N–H and O–H groups in total. The van der Waals surface area contributed by atoms with E-state index in [9.17, 15) is 22.4 Å². The van der Waals surface area contributed by atoms with E-state index in [1.807, 2.05) is 0 Å². The number of aliphatic carboxylic acids is 1. The Labute approximate surface area is 112 Å². The molecule has 0 radical (unpaired) electrons. The number of pyridine rings is 1. The van der Waals surface area contributed by atoms with Crippen LogP contribution in [0.25, 0.3) is 0 Å². The van der Waals surface area contributed by atoms with E-state index in [-0.39, 0.29) is 14.8 Å². The molecule has 1 aromatic rings. The normalized spacial score (nSPS) is 11.4. The van der Waals surface area contributed by atoms with Crippen LogP contribution in [0, 0.1) is 3.57 Å². The molecule has 1 aromatic heterocycles. The first-order valence-corrected chi connectivity index (χ1v) is 5.52. The molecular formula is C9H6F4INO3. The van der Waals surface area contributed by atoms with Crippen molar-refractivity contribution in [1.82, 2.24) is 4.98 Å². The molecule has 0 amide bonds. The largest absolute Gasteiger partial charge is 0.573 e. The molecule has 0 atom stereocenters. The Kier molecular flexibility index (Phi) is 4.71. The number of carbonyl (C=O) groups is 1. The third-order valence-electron chi connectivity index (χ3n) is 1.83. The van der Waals surface area contributed by atoms with Crippen LogP contribution in [-0.4, -0.2) is 22.4 Å². The molecule has 9 heteroatoms. The van der Waals surface area contributed by atoms with Crippen molar-refractivity contribution in [2.75, 3.05) is 0 Å². The minimum atomic E-state index is -4.96. The highest BCUT2D eigenvalue weighted by Crippen LogP contribution is 2.30. The van der Waals surface area contributed by atoms with Gasteiger partial charge in [0.2, 0.25) is 0 Å². The second-order valence-corrected chi connectivity index (χ2v) is 4.19. The van der Waals surface area contributed by atoms with Gasteiger partial charge in [-0.15, -0.1) is 13.2 Å². The molecule has 0 aromatic carbocycles. The molecule has 4 nitrogen and oxygen atoms in total. The fraction of sp³-hybridized carbons (Fsp3) is 0.333. The van der Waals surface area contributed by atoms with E-state index >= 15 is 0 Å². The lowest BCUT2D eigenvalue weighted by Gasteiger charge is -2.14. The summed E-state index contributed by atoms with van der Waals surface area (Å²) in [4.78, 5) is 14.0. The first-order valence-electron chi connectivity index (χ1n) is 4.44. The second kappa shape index (κ2) is 5.67. The van der Waals surface area contributed by atoms with E-state index in [0.717, 1.165) is 0 Å². The van der Waals surface area contributed by atoms with Gasteiger partial charge in [0, 0.05) is 9.13 Å². The molecule has 0 bridgehead atoms. The van der Waals surface area contributed by atoms with Gasteiger partial charge in [-0.05, 0) is 22.6 Å². The van der Waals surface area contributed by atoms with Gasteiger partial charge in [-0.1, -0.05) is 0 Å². The van der Waals surface area contributed by atoms with E-state index in [4.69, 9.17) is 5.11 Å². The zero-order chi connectivity index (χ0) is 13.9. The monoisotopic (exact) mass is 379 g/mol. The molecule has 18 heavy (non-hydrogen) atoms. The summed E-state index contributed by atoms with van der Waals surface area (Å²) in [5, 5.41) is 8.62. The second-order valence-electron chi connectivity index (χ2n) is 3.11. The Bertz CT molecular complexity index is 464. The summed E-state index contributed by atoms with van der Waals surface area (Å²) in [5.41, 5.74) is -0.371. The first-order chi connectivity index (χ1) is 8.24. The molecule has 0 aliphatic rings. The van der Waals surface area contributed by atoms with Crippen LogP contribution in [0.1, 0.15) is 11.3 Å². The van der Waals surface area contributed by atoms with Gasteiger partial charge in [-0.25, -0.2) is 4.39 Å². The number of carboxylic acids is 1. The van der Waals surface area contributed by atoms with Crippen molar-refractivity contribution in [3.8, 4) is 5.75 Å². The first kappa shape index (κ1) is 14.9. The van der Waals surface area contributed by atoms with E-state index in [1.54, 1.807) is 0 Å². The van der Waals surface area contributed by atoms with Crippen LogP contribution in [0.3, 0.4) is 0 Å². The van der Waals surface area contributed by atoms with Crippen molar-refractivity contribution in [3.05, 3.63) is 21.0 Å². The van der Waals surface area contributed by atoms with Gasteiger partial charge >= 0.3 is 12.3 Å². The number of rotatable bonds is 4. The Balaban J connectivity index is 3.24. The van der Waals surface area contributed by atoms with E-state index < -0.39 is 31.2 Å². The minimum Gasteiger partial charge on any atom is -0.481 e. The van der Waals surface area contributed by atoms with Gasteiger partial charge in [-0.3, -0.25) is 9.78 Å². The van der Waals surface area contributed by atoms with Crippen LogP contribution >= 0.6 is 22.6 Å². The number of carboxylic acid groups (broad SMARTS) is 1. The summed E-state index contributed by atoms with van der Waals surface area (Å²) >= 11 is 1.54. The van der Waals surface area contributed by atoms with Gasteiger partial charge < -0.3 is 9.84 Å². The maximum Gasteiger partial charge on any atom is 0.573 e. The third kappa shape index (κ3) is 3.96. The van der Waals surface area contributed by atoms with Crippen LogP contribution < -0.4 is 4.74 Å². The summed E-state index contributed by atoms with van der Waals surface area (Å²) < 4.78 is 52.5. The van der Waals surface area contributed by atoms with Crippen molar-refractivity contribution in [2.45, 2.75) is 19.5 Å². The Hall–Kier alpha value is -1.13. The molecule has 0 aliphatic heterocycles. The summed E-state index contributed by atoms with van der Waals surface area (Å²) in [7, 11) is 0. The van der Waals surface area contributed by atoms with Crippen molar-refractivity contribution < 1.29 is 32.2 Å². The minimum absolute atomic E-state index is 0.0132. The number of aromatic nitrogens is 1. The zero-order valence-corrected chi connectivity index (χ0v) is 10.7. The fourth-order valence-electron chi connectivity index (χ4n) is 1.18. The molecule has 0 saturated heterocycles. The molecule has 1 rings (SSSR count). The maximum absolute atomic E-state index is 12.5. The Morgan fingerprint density at radius 3 is 2.56 bits per heavy atom. The lowest BCUT2D eigenvalue weighted by Crippen LogP contribution is -2.20. The quantitative estimate of drug-likeness (QED) is 0.646. The van der Waals surface area contributed by atoms with Crippen molar-refractivity contribution in [3.63, 3.8) is 0 Å². The predicted molar refractivity (Wildman–Crippen MR) is 59.8 cm³/mol. The van der Waals surface area contributed by atoms with E-state index in [1.165, 1.54) is 22.6 Å². The maximum atomic E-state index is 12.5. The third-order valence-corrected chi connectivity index (χ3v) is 3.11. The highest BCUT2D eigenvalue weighted by atomic mass is 127. The van der Waals surface area contributed by atoms with Crippen LogP contribution in [0.2, 0.25) is 0 Å². The van der Waals surface area contributed by atoms with Gasteiger partial charge in [0.05, 0.1) is 18.3 Å². The SMILES string of the molecule is O=C(O)Cc1c(OC(F)(F)F)cnc(CF)c1I. The van der Waals surface area contributed by atoms with E-state index in [2.05, 4.69) is 9.72 Å². The smallest absolute Gasteiger partial charge is 0.481 e. The lowest BCUT2D eigenvalue weighted by atomic mass is 10.1. The predicted octanol–water partition coefficient (Wildman–Crippen LogP) is 2.68. The fourth-order valence-corrected chi connectivity index (χ4v) is 1.92. The summed E-state index contributed by atoms with van der Waals surface area (Å²) in [6, 6.07) is 0. The molecular weight excluding hydrogens is 373 g/mol. The van der Waals surface area contributed by atoms with Gasteiger partial charge in [-0.2, -0.15) is 0 Å². The highest BCUT2D eigenvalue weighted by molar-refractivity contribution is 14.1. The molecule has 1 heterocycles. The molecule has 0 unspecified atom stereocenters. The van der Waals surface area contributed by atoms with E-state index in [0.29, 0.717) is 6.20 Å². The topological polar surface area (TPSA) is 59.4 Å². The lowest BCUT2D eigenvalue weighted by molar-refractivity contribution is -0.275. The van der Waals surface area contributed by atoms with Crippen LogP contribution in [0.5, 0.6) is 5.75 Å². The summed E-state index contributed by atoms with van der Waals surface area (Å²) in [6.45, 7) is -1.00. The number of hydrogen-bond donors (Lipinski definition) is 1. The van der Waals surface area contributed by atoms with Crippen LogP contribution in [0.15, 0.2) is 6.20 Å².